The number of terminal acetylenes is 1. The first kappa shape index (κ1) is 27.2. The first-order chi connectivity index (χ1) is 16.0. The van der Waals surface area contributed by atoms with E-state index in [9.17, 15) is 14.4 Å². The summed E-state index contributed by atoms with van der Waals surface area (Å²) in [6, 6.07) is 5.44. The van der Waals surface area contributed by atoms with E-state index in [1.165, 1.54) is 0 Å². The highest BCUT2D eigenvalue weighted by Crippen LogP contribution is 2.36. The van der Waals surface area contributed by atoms with Crippen molar-refractivity contribution < 1.29 is 19.1 Å². The number of rotatable bonds is 10. The van der Waals surface area contributed by atoms with Gasteiger partial charge in [0.2, 0.25) is 11.8 Å². The Bertz CT molecular complexity index is 892. The summed E-state index contributed by atoms with van der Waals surface area (Å²) in [7, 11) is 0. The molecule has 2 atom stereocenters. The Morgan fingerprint density at radius 1 is 1.18 bits per heavy atom. The summed E-state index contributed by atoms with van der Waals surface area (Å²) in [5.41, 5.74) is 0.698. The molecule has 1 aromatic carbocycles. The molecule has 2 rings (SSSR count). The highest BCUT2D eigenvalue weighted by Gasteiger charge is 2.44. The van der Waals surface area contributed by atoms with Gasteiger partial charge >= 0.3 is 6.09 Å². The second-order valence-electron chi connectivity index (χ2n) is 10.2. The summed E-state index contributed by atoms with van der Waals surface area (Å²) in [4.78, 5) is 41.4. The number of benzene rings is 1. The van der Waals surface area contributed by atoms with Crippen molar-refractivity contribution in [2.24, 2.45) is 5.92 Å². The van der Waals surface area contributed by atoms with Crippen molar-refractivity contribution in [2.45, 2.75) is 91.0 Å². The number of amides is 3. The van der Waals surface area contributed by atoms with Crippen molar-refractivity contribution in [1.82, 2.24) is 15.5 Å². The quantitative estimate of drug-likeness (QED) is 0.398. The van der Waals surface area contributed by atoms with Crippen LogP contribution in [0.5, 0.6) is 0 Å². The lowest BCUT2D eigenvalue weighted by atomic mass is 9.98. The third-order valence-corrected chi connectivity index (χ3v) is 5.55. The number of ether oxygens (including phenoxy) is 1. The minimum Gasteiger partial charge on any atom is -0.444 e. The number of carbonyl (C=O) groups is 3. The van der Waals surface area contributed by atoms with Crippen LogP contribution < -0.4 is 10.6 Å². The number of carbonyl (C=O) groups excluding carboxylic acids is 3. The van der Waals surface area contributed by atoms with E-state index in [1.807, 2.05) is 13.8 Å². The van der Waals surface area contributed by atoms with Crippen LogP contribution in [0.2, 0.25) is 0 Å². The lowest BCUT2D eigenvalue weighted by molar-refractivity contribution is -0.144. The van der Waals surface area contributed by atoms with Crippen molar-refractivity contribution in [3.05, 3.63) is 35.4 Å². The van der Waals surface area contributed by atoms with Gasteiger partial charge in [0.05, 0.1) is 0 Å². The molecule has 2 unspecified atom stereocenters. The molecular formula is C27H39N3O4. The molecule has 0 spiro atoms. The van der Waals surface area contributed by atoms with E-state index in [2.05, 4.69) is 23.5 Å². The topological polar surface area (TPSA) is 87.7 Å². The first-order valence-corrected chi connectivity index (χ1v) is 12.1. The summed E-state index contributed by atoms with van der Waals surface area (Å²) in [5, 5.41) is 5.72. The molecule has 1 aliphatic rings. The molecule has 1 fully saturated rings. The lowest BCUT2D eigenvalue weighted by Crippen LogP contribution is -2.55. The third-order valence-electron chi connectivity index (χ3n) is 5.55. The molecule has 1 aliphatic carbocycles. The van der Waals surface area contributed by atoms with E-state index < -0.39 is 23.8 Å². The molecule has 0 heterocycles. The zero-order valence-electron chi connectivity index (χ0n) is 21.3. The number of unbranched alkanes of at least 4 members (excludes halogenated alkanes) is 1. The van der Waals surface area contributed by atoms with Crippen molar-refractivity contribution in [3.63, 3.8) is 0 Å². The number of hydrogen-bond donors (Lipinski definition) is 2. The average Bonchev–Trinajstić information content (AvgIpc) is 3.59. The normalized spacial score (nSPS) is 15.1. The predicted molar refractivity (Wildman–Crippen MR) is 133 cm³/mol. The van der Waals surface area contributed by atoms with E-state index in [-0.39, 0.29) is 23.8 Å². The molecule has 0 radical (unpaired) electrons. The van der Waals surface area contributed by atoms with Crippen molar-refractivity contribution in [3.8, 4) is 12.3 Å². The maximum atomic E-state index is 13.9. The van der Waals surface area contributed by atoms with Crippen LogP contribution in [0, 0.1) is 18.3 Å². The molecule has 2 N–H and O–H groups in total. The molecule has 1 aromatic rings. The maximum absolute atomic E-state index is 13.9. The number of nitrogens with zero attached hydrogens (tertiary/aromatic N) is 1. The Morgan fingerprint density at radius 3 is 2.26 bits per heavy atom. The van der Waals surface area contributed by atoms with Crippen LogP contribution in [0.4, 0.5) is 4.79 Å². The first-order valence-electron chi connectivity index (χ1n) is 12.1. The molecule has 3 amide bonds. The lowest BCUT2D eigenvalue weighted by Gasteiger charge is -2.35. The Morgan fingerprint density at radius 2 is 1.79 bits per heavy atom. The molecule has 0 bridgehead atoms. The molecule has 0 aromatic heterocycles. The second-order valence-corrected chi connectivity index (χ2v) is 10.2. The van der Waals surface area contributed by atoms with Gasteiger partial charge in [0.15, 0.2) is 0 Å². The minimum absolute atomic E-state index is 0.0663. The molecule has 7 nitrogen and oxygen atoms in total. The second kappa shape index (κ2) is 11.9. The predicted octanol–water partition coefficient (Wildman–Crippen LogP) is 4.17. The molecule has 34 heavy (non-hydrogen) atoms. The monoisotopic (exact) mass is 469 g/mol. The minimum atomic E-state index is -0.827. The van der Waals surface area contributed by atoms with Gasteiger partial charge in [0, 0.05) is 18.2 Å². The van der Waals surface area contributed by atoms with E-state index in [0.29, 0.717) is 17.7 Å². The van der Waals surface area contributed by atoms with Gasteiger partial charge in [0.1, 0.15) is 17.7 Å². The fourth-order valence-corrected chi connectivity index (χ4v) is 3.66. The van der Waals surface area contributed by atoms with Crippen LogP contribution in [-0.4, -0.2) is 47.0 Å². The largest absolute Gasteiger partial charge is 0.444 e. The summed E-state index contributed by atoms with van der Waals surface area (Å²) in [6.45, 7) is 11.6. The number of nitrogens with one attached hydrogen (secondary N) is 2. The van der Waals surface area contributed by atoms with Crippen LogP contribution >= 0.6 is 0 Å². The van der Waals surface area contributed by atoms with E-state index >= 15 is 0 Å². The molecule has 1 saturated carbocycles. The summed E-state index contributed by atoms with van der Waals surface area (Å²) < 4.78 is 5.39. The van der Waals surface area contributed by atoms with Gasteiger partial charge in [-0.05, 0) is 63.6 Å². The van der Waals surface area contributed by atoms with Gasteiger partial charge in [0.25, 0.3) is 0 Å². The zero-order chi connectivity index (χ0) is 25.5. The highest BCUT2D eigenvalue weighted by atomic mass is 16.6. The smallest absolute Gasteiger partial charge is 0.408 e. The molecule has 7 heteroatoms. The maximum Gasteiger partial charge on any atom is 0.408 e. The standard InChI is InChI=1S/C27H39N3O4/c1-8-10-17-28-24(31)23(20-13-11-19(9-2)12-14-20)30(21-15-16-21)25(32)22(18(3)4)29-26(33)34-27(5,6)7/h2,11-14,18,21-23H,8,10,15-17H2,1,3-7H3,(H,28,31)(H,29,33). The summed E-state index contributed by atoms with van der Waals surface area (Å²) >= 11 is 0. The molecular weight excluding hydrogens is 430 g/mol. The Kier molecular flexibility index (Phi) is 9.55. The van der Waals surface area contributed by atoms with Gasteiger partial charge in [-0.15, -0.1) is 6.42 Å². The summed E-state index contributed by atoms with van der Waals surface area (Å²) in [5.74, 6) is 1.86. The Balaban J connectivity index is 2.40. The van der Waals surface area contributed by atoms with Crippen molar-refractivity contribution in [2.75, 3.05) is 6.54 Å². The zero-order valence-corrected chi connectivity index (χ0v) is 21.3. The fourth-order valence-electron chi connectivity index (χ4n) is 3.66. The number of hydrogen-bond acceptors (Lipinski definition) is 4. The van der Waals surface area contributed by atoms with Crippen molar-refractivity contribution in [1.29, 1.82) is 0 Å². The van der Waals surface area contributed by atoms with E-state index in [4.69, 9.17) is 11.2 Å². The van der Waals surface area contributed by atoms with Gasteiger partial charge in [-0.1, -0.05) is 45.2 Å². The van der Waals surface area contributed by atoms with Crippen LogP contribution in [0.1, 0.15) is 84.4 Å². The fraction of sp³-hybridized carbons (Fsp3) is 0.593. The molecule has 0 saturated heterocycles. The summed E-state index contributed by atoms with van der Waals surface area (Å²) in [6.07, 6.45) is 8.26. The van der Waals surface area contributed by atoms with Crippen molar-refractivity contribution >= 4 is 17.9 Å². The van der Waals surface area contributed by atoms with Crippen LogP contribution in [0.15, 0.2) is 24.3 Å². The third kappa shape index (κ3) is 7.79. The van der Waals surface area contributed by atoms with Gasteiger partial charge in [-0.3, -0.25) is 9.59 Å². The van der Waals surface area contributed by atoms with Crippen LogP contribution in [-0.2, 0) is 14.3 Å². The van der Waals surface area contributed by atoms with E-state index in [1.54, 1.807) is 49.9 Å². The number of alkyl carbamates (subject to hydrolysis) is 1. The Hall–Kier alpha value is -3.01. The average molecular weight is 470 g/mol. The molecule has 186 valence electrons. The van der Waals surface area contributed by atoms with Gasteiger partial charge < -0.3 is 20.3 Å². The van der Waals surface area contributed by atoms with Crippen LogP contribution in [0.3, 0.4) is 0 Å². The Labute approximate surface area is 204 Å². The SMILES string of the molecule is C#Cc1ccc(C(C(=O)NCCCC)N(C(=O)C(NC(=O)OC(C)(C)C)C(C)C)C2CC2)cc1. The van der Waals surface area contributed by atoms with Gasteiger partial charge in [-0.25, -0.2) is 4.79 Å². The highest BCUT2D eigenvalue weighted by molar-refractivity contribution is 5.92. The van der Waals surface area contributed by atoms with E-state index in [0.717, 1.165) is 25.7 Å². The van der Waals surface area contributed by atoms with Gasteiger partial charge in [-0.2, -0.15) is 0 Å². The van der Waals surface area contributed by atoms with Crippen LogP contribution in [0.25, 0.3) is 0 Å². The molecule has 0 aliphatic heterocycles.